The first-order valence-electron chi connectivity index (χ1n) is 5.10. The molecule has 84 valence electrons. The van der Waals surface area contributed by atoms with Gasteiger partial charge in [0.2, 0.25) is 0 Å². The second kappa shape index (κ2) is 4.65. The van der Waals surface area contributed by atoms with Crippen LogP contribution in [-0.2, 0) is 6.42 Å². The van der Waals surface area contributed by atoms with Crippen LogP contribution in [0.2, 0.25) is 0 Å². The Labute approximate surface area is 93.3 Å². The van der Waals surface area contributed by atoms with Gasteiger partial charge in [-0.3, -0.25) is 0 Å². The summed E-state index contributed by atoms with van der Waals surface area (Å²) in [5.41, 5.74) is 9.12. The highest BCUT2D eigenvalue weighted by Gasteiger charge is 2.09. The van der Waals surface area contributed by atoms with E-state index in [0.717, 1.165) is 30.8 Å². The number of hydrogen-bond donors (Lipinski definition) is 2. The van der Waals surface area contributed by atoms with Gasteiger partial charge in [0.05, 0.1) is 12.8 Å². The van der Waals surface area contributed by atoms with Crippen molar-refractivity contribution in [2.24, 2.45) is 10.8 Å². The van der Waals surface area contributed by atoms with Crippen molar-refractivity contribution in [3.63, 3.8) is 0 Å². The molecule has 0 radical (unpaired) electrons. The van der Waals surface area contributed by atoms with Crippen LogP contribution in [0.1, 0.15) is 17.5 Å². The summed E-state index contributed by atoms with van der Waals surface area (Å²) in [6, 6.07) is 5.13. The van der Waals surface area contributed by atoms with Gasteiger partial charge in [-0.15, -0.1) is 0 Å². The van der Waals surface area contributed by atoms with Crippen LogP contribution in [0.4, 0.5) is 4.79 Å². The number of hydrazone groups is 1. The van der Waals surface area contributed by atoms with Crippen LogP contribution >= 0.6 is 0 Å². The van der Waals surface area contributed by atoms with Crippen molar-refractivity contribution in [1.29, 1.82) is 0 Å². The van der Waals surface area contributed by atoms with Crippen LogP contribution < -0.4 is 15.9 Å². The Morgan fingerprint density at radius 2 is 2.44 bits per heavy atom. The SMILES string of the molecule is NC(=O)NN=Cc1ccc2c(c1)CCCO2. The number of primary amides is 1. The molecule has 1 heterocycles. The third-order valence-electron chi connectivity index (χ3n) is 2.32. The number of benzene rings is 1. The highest BCUT2D eigenvalue weighted by molar-refractivity contribution is 5.82. The summed E-state index contributed by atoms with van der Waals surface area (Å²) in [6.45, 7) is 0.781. The van der Waals surface area contributed by atoms with Gasteiger partial charge >= 0.3 is 6.03 Å². The highest BCUT2D eigenvalue weighted by Crippen LogP contribution is 2.24. The van der Waals surface area contributed by atoms with Gasteiger partial charge in [0.15, 0.2) is 0 Å². The molecule has 0 saturated carbocycles. The predicted molar refractivity (Wildman–Crippen MR) is 60.6 cm³/mol. The highest BCUT2D eigenvalue weighted by atomic mass is 16.5. The molecule has 5 nitrogen and oxygen atoms in total. The summed E-state index contributed by atoms with van der Waals surface area (Å²) < 4.78 is 5.49. The Kier molecular flexibility index (Phi) is 3.05. The number of nitrogens with one attached hydrogen (secondary N) is 1. The minimum atomic E-state index is -0.669. The first-order chi connectivity index (χ1) is 7.75. The lowest BCUT2D eigenvalue weighted by molar-refractivity contribution is 0.249. The van der Waals surface area contributed by atoms with E-state index in [-0.39, 0.29) is 0 Å². The van der Waals surface area contributed by atoms with E-state index in [2.05, 4.69) is 10.5 Å². The summed E-state index contributed by atoms with van der Waals surface area (Å²) >= 11 is 0. The Balaban J connectivity index is 2.11. The number of hydrogen-bond acceptors (Lipinski definition) is 3. The number of nitrogens with zero attached hydrogens (tertiary/aromatic N) is 1. The maximum Gasteiger partial charge on any atom is 0.332 e. The maximum absolute atomic E-state index is 10.4. The van der Waals surface area contributed by atoms with Crippen molar-refractivity contribution < 1.29 is 9.53 Å². The average Bonchev–Trinajstić information content (AvgIpc) is 2.28. The van der Waals surface area contributed by atoms with Crippen molar-refractivity contribution in [3.8, 4) is 5.75 Å². The summed E-state index contributed by atoms with van der Waals surface area (Å²) in [7, 11) is 0. The molecule has 0 aliphatic carbocycles. The van der Waals surface area contributed by atoms with E-state index in [1.54, 1.807) is 6.21 Å². The molecule has 1 aromatic rings. The molecule has 0 fully saturated rings. The fourth-order valence-corrected chi connectivity index (χ4v) is 1.63. The normalized spacial score (nSPS) is 14.2. The van der Waals surface area contributed by atoms with Gasteiger partial charge in [0, 0.05) is 0 Å². The molecular weight excluding hydrogens is 206 g/mol. The fraction of sp³-hybridized carbons (Fsp3) is 0.273. The van der Waals surface area contributed by atoms with Crippen LogP contribution in [0.25, 0.3) is 0 Å². The topological polar surface area (TPSA) is 76.7 Å². The van der Waals surface area contributed by atoms with Crippen LogP contribution in [0.15, 0.2) is 23.3 Å². The van der Waals surface area contributed by atoms with Crippen molar-refractivity contribution in [3.05, 3.63) is 29.3 Å². The quantitative estimate of drug-likeness (QED) is 0.575. The standard InChI is InChI=1S/C11H13N3O2/c12-11(15)14-13-7-8-3-4-10-9(6-8)2-1-5-16-10/h3-4,6-7H,1-2,5H2,(H3,12,14,15). The number of ether oxygens (including phenoxy) is 1. The van der Waals surface area contributed by atoms with Crippen LogP contribution in [0, 0.1) is 0 Å². The Morgan fingerprint density at radius 3 is 3.25 bits per heavy atom. The number of nitrogens with two attached hydrogens (primary N) is 1. The summed E-state index contributed by atoms with van der Waals surface area (Å²) in [5.74, 6) is 0.936. The van der Waals surface area contributed by atoms with E-state index >= 15 is 0 Å². The third kappa shape index (κ3) is 2.50. The van der Waals surface area contributed by atoms with Gasteiger partial charge in [-0.1, -0.05) is 0 Å². The van der Waals surface area contributed by atoms with Gasteiger partial charge in [0.1, 0.15) is 5.75 Å². The molecule has 3 N–H and O–H groups in total. The van der Waals surface area contributed by atoms with E-state index in [1.807, 2.05) is 18.2 Å². The van der Waals surface area contributed by atoms with Crippen molar-refractivity contribution >= 4 is 12.2 Å². The Hall–Kier alpha value is -2.04. The van der Waals surface area contributed by atoms with Gasteiger partial charge in [-0.05, 0) is 42.2 Å². The number of urea groups is 1. The summed E-state index contributed by atoms with van der Waals surface area (Å²) in [6.07, 6.45) is 3.60. The Morgan fingerprint density at radius 1 is 1.56 bits per heavy atom. The first-order valence-corrected chi connectivity index (χ1v) is 5.10. The van der Waals surface area contributed by atoms with Crippen molar-refractivity contribution in [2.45, 2.75) is 12.8 Å². The van der Waals surface area contributed by atoms with E-state index < -0.39 is 6.03 Å². The fourth-order valence-electron chi connectivity index (χ4n) is 1.63. The van der Waals surface area contributed by atoms with Gasteiger partial charge in [-0.2, -0.15) is 5.10 Å². The lowest BCUT2D eigenvalue weighted by atomic mass is 10.0. The molecular formula is C11H13N3O2. The second-order valence-electron chi connectivity index (χ2n) is 3.55. The third-order valence-corrected chi connectivity index (χ3v) is 2.32. The molecule has 0 spiro atoms. The van der Waals surface area contributed by atoms with E-state index in [9.17, 15) is 4.79 Å². The van der Waals surface area contributed by atoms with Gasteiger partial charge in [-0.25, -0.2) is 10.2 Å². The number of carbonyl (C=O) groups is 1. The summed E-state index contributed by atoms with van der Waals surface area (Å²) in [4.78, 5) is 10.4. The zero-order valence-corrected chi connectivity index (χ0v) is 8.77. The zero-order chi connectivity index (χ0) is 11.4. The van der Waals surface area contributed by atoms with Gasteiger partial charge in [0.25, 0.3) is 0 Å². The predicted octanol–water partition coefficient (Wildman–Crippen LogP) is 1.01. The van der Waals surface area contributed by atoms with Crippen LogP contribution in [0.3, 0.4) is 0 Å². The molecule has 1 aliphatic heterocycles. The minimum Gasteiger partial charge on any atom is -0.493 e. The molecule has 0 unspecified atom stereocenters. The molecule has 5 heteroatoms. The molecule has 0 saturated heterocycles. The lowest BCUT2D eigenvalue weighted by Gasteiger charge is -2.16. The zero-order valence-electron chi connectivity index (χ0n) is 8.77. The number of amides is 2. The number of fused-ring (bicyclic) bond motifs is 1. The molecule has 1 aromatic carbocycles. The molecule has 1 aliphatic rings. The molecule has 2 rings (SSSR count). The minimum absolute atomic E-state index is 0.669. The monoisotopic (exact) mass is 219 g/mol. The first kappa shape index (κ1) is 10.5. The number of aryl methyl sites for hydroxylation is 1. The number of rotatable bonds is 2. The lowest BCUT2D eigenvalue weighted by Crippen LogP contribution is -2.24. The smallest absolute Gasteiger partial charge is 0.332 e. The number of carbonyl (C=O) groups excluding carboxylic acids is 1. The molecule has 0 aromatic heterocycles. The van der Waals surface area contributed by atoms with Crippen LogP contribution in [0.5, 0.6) is 5.75 Å². The van der Waals surface area contributed by atoms with E-state index in [1.165, 1.54) is 5.56 Å². The molecule has 16 heavy (non-hydrogen) atoms. The van der Waals surface area contributed by atoms with Gasteiger partial charge < -0.3 is 10.5 Å². The second-order valence-corrected chi connectivity index (χ2v) is 3.55. The average molecular weight is 219 g/mol. The van der Waals surface area contributed by atoms with E-state index in [0.29, 0.717) is 0 Å². The Bertz CT molecular complexity index is 429. The van der Waals surface area contributed by atoms with Crippen molar-refractivity contribution in [2.75, 3.05) is 6.61 Å². The van der Waals surface area contributed by atoms with E-state index in [4.69, 9.17) is 10.5 Å². The van der Waals surface area contributed by atoms with Crippen molar-refractivity contribution in [1.82, 2.24) is 5.43 Å². The van der Waals surface area contributed by atoms with Crippen LogP contribution in [-0.4, -0.2) is 18.9 Å². The maximum atomic E-state index is 10.4. The molecule has 0 atom stereocenters. The largest absolute Gasteiger partial charge is 0.493 e. The summed E-state index contributed by atoms with van der Waals surface area (Å²) in [5, 5.41) is 3.70. The molecule has 0 bridgehead atoms. The molecule has 2 amide bonds.